The van der Waals surface area contributed by atoms with Crippen LogP contribution < -0.4 is 0 Å². The van der Waals surface area contributed by atoms with Crippen LogP contribution in [0.5, 0.6) is 0 Å². The largest absolute Gasteiger partial charge is 0.396 e. The highest BCUT2D eigenvalue weighted by molar-refractivity contribution is 7.99. The summed E-state index contributed by atoms with van der Waals surface area (Å²) < 4.78 is 0. The minimum absolute atomic E-state index is 0.299. The molecule has 2 rings (SSSR count). The van der Waals surface area contributed by atoms with Crippen molar-refractivity contribution in [2.75, 3.05) is 12.4 Å². The first-order valence-electron chi connectivity index (χ1n) is 5.21. The zero-order chi connectivity index (χ0) is 10.5. The number of aromatic amines is 1. The zero-order valence-corrected chi connectivity index (χ0v) is 9.39. The van der Waals surface area contributed by atoms with Crippen LogP contribution in [0.2, 0.25) is 0 Å². The Morgan fingerprint density at radius 2 is 2.07 bits per heavy atom. The molecule has 0 aliphatic carbocycles. The topological polar surface area (TPSA) is 36.0 Å². The van der Waals surface area contributed by atoms with Gasteiger partial charge in [0, 0.05) is 17.5 Å². The maximum Gasteiger partial charge on any atom is 0.0732 e. The molecular formula is C12H15NOS. The normalized spacial score (nSPS) is 11.0. The maximum absolute atomic E-state index is 8.66. The van der Waals surface area contributed by atoms with E-state index in [9.17, 15) is 0 Å². The van der Waals surface area contributed by atoms with E-state index in [0.717, 1.165) is 18.6 Å². The van der Waals surface area contributed by atoms with Crippen LogP contribution in [-0.4, -0.2) is 22.5 Å². The Morgan fingerprint density at radius 1 is 1.20 bits per heavy atom. The van der Waals surface area contributed by atoms with E-state index in [4.69, 9.17) is 5.11 Å². The Balaban J connectivity index is 1.97. The molecule has 0 spiro atoms. The summed E-state index contributed by atoms with van der Waals surface area (Å²) in [6, 6.07) is 10.5. The van der Waals surface area contributed by atoms with Gasteiger partial charge < -0.3 is 10.1 Å². The zero-order valence-electron chi connectivity index (χ0n) is 8.57. The minimum Gasteiger partial charge on any atom is -0.396 e. The first-order valence-corrected chi connectivity index (χ1v) is 6.20. The third kappa shape index (κ3) is 2.76. The number of benzene rings is 1. The number of aliphatic hydroxyl groups excluding tert-OH is 1. The number of hydrogen-bond donors (Lipinski definition) is 2. The van der Waals surface area contributed by atoms with Crippen LogP contribution in [0.25, 0.3) is 10.9 Å². The van der Waals surface area contributed by atoms with Gasteiger partial charge in [-0.2, -0.15) is 0 Å². The average molecular weight is 221 g/mol. The lowest BCUT2D eigenvalue weighted by Crippen LogP contribution is -1.85. The van der Waals surface area contributed by atoms with Crippen LogP contribution in [-0.2, 0) is 0 Å². The number of hydrogen-bond acceptors (Lipinski definition) is 2. The number of unbranched alkanes of at least 4 members (excludes halogenated alkanes) is 1. The lowest BCUT2D eigenvalue weighted by Gasteiger charge is -1.96. The number of para-hydroxylation sites is 1. The Labute approximate surface area is 93.7 Å². The predicted octanol–water partition coefficient (Wildman–Crippen LogP) is 3.03. The Hall–Kier alpha value is -0.930. The predicted molar refractivity (Wildman–Crippen MR) is 65.3 cm³/mol. The number of aromatic nitrogens is 1. The Kier molecular flexibility index (Phi) is 3.69. The molecule has 15 heavy (non-hydrogen) atoms. The van der Waals surface area contributed by atoms with Gasteiger partial charge in [-0.05, 0) is 30.7 Å². The van der Waals surface area contributed by atoms with Gasteiger partial charge in [-0.3, -0.25) is 0 Å². The van der Waals surface area contributed by atoms with E-state index >= 15 is 0 Å². The molecule has 1 heterocycles. The maximum atomic E-state index is 8.66. The molecule has 0 atom stereocenters. The second kappa shape index (κ2) is 5.24. The van der Waals surface area contributed by atoms with Crippen molar-refractivity contribution in [2.24, 2.45) is 0 Å². The molecule has 0 aliphatic rings. The fourth-order valence-electron chi connectivity index (χ4n) is 1.52. The lowest BCUT2D eigenvalue weighted by atomic mass is 10.3. The highest BCUT2D eigenvalue weighted by atomic mass is 32.2. The van der Waals surface area contributed by atoms with Crippen molar-refractivity contribution in [3.05, 3.63) is 30.3 Å². The van der Waals surface area contributed by atoms with Crippen LogP contribution >= 0.6 is 11.8 Å². The fourth-order valence-corrected chi connectivity index (χ4v) is 2.48. The van der Waals surface area contributed by atoms with Gasteiger partial charge in [0.15, 0.2) is 0 Å². The molecule has 0 fully saturated rings. The fraction of sp³-hybridized carbons (Fsp3) is 0.333. The van der Waals surface area contributed by atoms with Gasteiger partial charge >= 0.3 is 0 Å². The van der Waals surface area contributed by atoms with Gasteiger partial charge in [0.05, 0.1) is 5.03 Å². The van der Waals surface area contributed by atoms with Gasteiger partial charge in [0.1, 0.15) is 0 Å². The van der Waals surface area contributed by atoms with Gasteiger partial charge in [-0.25, -0.2) is 0 Å². The first-order chi connectivity index (χ1) is 7.40. The lowest BCUT2D eigenvalue weighted by molar-refractivity contribution is 0.287. The summed E-state index contributed by atoms with van der Waals surface area (Å²) in [7, 11) is 0. The second-order valence-electron chi connectivity index (χ2n) is 3.50. The van der Waals surface area contributed by atoms with Crippen molar-refractivity contribution in [1.82, 2.24) is 4.98 Å². The molecule has 80 valence electrons. The van der Waals surface area contributed by atoms with Crippen molar-refractivity contribution in [1.29, 1.82) is 0 Å². The quantitative estimate of drug-likeness (QED) is 0.601. The average Bonchev–Trinajstić information content (AvgIpc) is 2.67. The van der Waals surface area contributed by atoms with Crippen LogP contribution in [0.4, 0.5) is 0 Å². The summed E-state index contributed by atoms with van der Waals surface area (Å²) in [5.74, 6) is 1.06. The summed E-state index contributed by atoms with van der Waals surface area (Å²) in [5, 5.41) is 11.1. The van der Waals surface area contributed by atoms with Crippen molar-refractivity contribution >= 4 is 22.7 Å². The number of aliphatic hydroxyl groups is 1. The SMILES string of the molecule is OCCCCSc1cc2ccccc2[nH]1. The number of fused-ring (bicyclic) bond motifs is 1. The van der Waals surface area contributed by atoms with Crippen molar-refractivity contribution in [3.63, 3.8) is 0 Å². The number of rotatable bonds is 5. The highest BCUT2D eigenvalue weighted by Gasteiger charge is 1.99. The van der Waals surface area contributed by atoms with E-state index in [1.165, 1.54) is 15.9 Å². The number of H-pyrrole nitrogens is 1. The molecule has 1 aromatic carbocycles. The third-order valence-electron chi connectivity index (χ3n) is 2.32. The van der Waals surface area contributed by atoms with E-state index in [2.05, 4.69) is 29.2 Å². The first kappa shape index (κ1) is 10.6. The molecule has 0 unspecified atom stereocenters. The molecule has 2 N–H and O–H groups in total. The van der Waals surface area contributed by atoms with Crippen molar-refractivity contribution in [3.8, 4) is 0 Å². The van der Waals surface area contributed by atoms with E-state index in [1.54, 1.807) is 0 Å². The molecule has 3 heteroatoms. The summed E-state index contributed by atoms with van der Waals surface area (Å²) in [6.07, 6.45) is 1.96. The van der Waals surface area contributed by atoms with E-state index in [1.807, 2.05) is 17.8 Å². The Bertz CT molecular complexity index is 391. The molecule has 2 nitrogen and oxygen atoms in total. The smallest absolute Gasteiger partial charge is 0.0732 e. The van der Waals surface area contributed by atoms with E-state index in [0.29, 0.717) is 6.61 Å². The summed E-state index contributed by atoms with van der Waals surface area (Å²) in [5.41, 5.74) is 1.20. The van der Waals surface area contributed by atoms with Crippen LogP contribution in [0.15, 0.2) is 35.4 Å². The molecule has 0 amide bonds. The summed E-state index contributed by atoms with van der Waals surface area (Å²) in [6.45, 7) is 0.299. The van der Waals surface area contributed by atoms with E-state index < -0.39 is 0 Å². The third-order valence-corrected chi connectivity index (χ3v) is 3.34. The summed E-state index contributed by atoms with van der Waals surface area (Å²) in [4.78, 5) is 3.37. The molecule has 2 aromatic rings. The van der Waals surface area contributed by atoms with Gasteiger partial charge in [0.2, 0.25) is 0 Å². The van der Waals surface area contributed by atoms with Crippen molar-refractivity contribution in [2.45, 2.75) is 17.9 Å². The van der Waals surface area contributed by atoms with Gasteiger partial charge in [0.25, 0.3) is 0 Å². The van der Waals surface area contributed by atoms with Crippen LogP contribution in [0, 0.1) is 0 Å². The highest BCUT2D eigenvalue weighted by Crippen LogP contribution is 2.23. The summed E-state index contributed by atoms with van der Waals surface area (Å²) >= 11 is 1.82. The molecule has 0 saturated carbocycles. The molecule has 1 aromatic heterocycles. The molecule has 0 aliphatic heterocycles. The molecule has 0 saturated heterocycles. The van der Waals surface area contributed by atoms with Crippen LogP contribution in [0.1, 0.15) is 12.8 Å². The molecule has 0 radical (unpaired) electrons. The monoisotopic (exact) mass is 221 g/mol. The molecular weight excluding hydrogens is 206 g/mol. The number of nitrogens with one attached hydrogen (secondary N) is 1. The second-order valence-corrected chi connectivity index (χ2v) is 4.64. The van der Waals surface area contributed by atoms with Gasteiger partial charge in [-0.15, -0.1) is 11.8 Å². The van der Waals surface area contributed by atoms with Crippen molar-refractivity contribution < 1.29 is 5.11 Å². The minimum atomic E-state index is 0.299. The Morgan fingerprint density at radius 3 is 2.87 bits per heavy atom. The standard InChI is InChI=1S/C12H15NOS/c14-7-3-4-8-15-12-9-10-5-1-2-6-11(10)13-12/h1-2,5-6,9,13-14H,3-4,7-8H2. The number of thioether (sulfide) groups is 1. The van der Waals surface area contributed by atoms with E-state index in [-0.39, 0.29) is 0 Å². The van der Waals surface area contributed by atoms with Gasteiger partial charge in [-0.1, -0.05) is 18.2 Å². The van der Waals surface area contributed by atoms with Crippen LogP contribution in [0.3, 0.4) is 0 Å². The molecule has 0 bridgehead atoms.